The van der Waals surface area contributed by atoms with E-state index in [0.29, 0.717) is 6.42 Å². The van der Waals surface area contributed by atoms with Gasteiger partial charge in [0.05, 0.1) is 0 Å². The Morgan fingerprint density at radius 3 is 2.62 bits per heavy atom. The molecule has 3 N–H and O–H groups in total. The molecule has 0 bridgehead atoms. The van der Waals surface area contributed by atoms with E-state index < -0.39 is 24.0 Å². The minimum absolute atomic E-state index is 0.131. The second-order valence-electron chi connectivity index (χ2n) is 5.97. The highest BCUT2D eigenvalue weighted by molar-refractivity contribution is 5.90. The Balaban J connectivity index is 2.08. The SMILES string of the molecule is Cc1ccccc1N1CCC[C@H]1C(=O)N[C@@H](CCC(=O)O)C(=O)O. The molecule has 0 saturated carbocycles. The first-order chi connectivity index (χ1) is 11.4. The molecule has 7 nitrogen and oxygen atoms in total. The van der Waals surface area contributed by atoms with Crippen LogP contribution in [0.25, 0.3) is 0 Å². The van der Waals surface area contributed by atoms with Crippen LogP contribution in [0, 0.1) is 6.92 Å². The van der Waals surface area contributed by atoms with E-state index in [1.807, 2.05) is 36.1 Å². The lowest BCUT2D eigenvalue weighted by atomic mass is 10.1. The molecule has 7 heteroatoms. The molecule has 1 amide bonds. The van der Waals surface area contributed by atoms with Crippen molar-refractivity contribution in [2.45, 2.75) is 44.7 Å². The van der Waals surface area contributed by atoms with Crippen molar-refractivity contribution in [1.29, 1.82) is 0 Å². The average molecular weight is 334 g/mol. The number of carboxylic acids is 2. The quantitative estimate of drug-likeness (QED) is 0.696. The molecule has 0 aliphatic carbocycles. The van der Waals surface area contributed by atoms with Gasteiger partial charge in [-0.2, -0.15) is 0 Å². The van der Waals surface area contributed by atoms with Gasteiger partial charge in [-0.1, -0.05) is 18.2 Å². The van der Waals surface area contributed by atoms with Crippen molar-refractivity contribution in [2.24, 2.45) is 0 Å². The molecule has 1 aliphatic heterocycles. The maximum atomic E-state index is 12.5. The summed E-state index contributed by atoms with van der Waals surface area (Å²) in [5, 5.41) is 20.4. The van der Waals surface area contributed by atoms with Gasteiger partial charge in [0.2, 0.25) is 5.91 Å². The highest BCUT2D eigenvalue weighted by atomic mass is 16.4. The molecule has 2 atom stereocenters. The van der Waals surface area contributed by atoms with Gasteiger partial charge in [-0.05, 0) is 37.8 Å². The van der Waals surface area contributed by atoms with Gasteiger partial charge >= 0.3 is 11.9 Å². The van der Waals surface area contributed by atoms with Gasteiger partial charge in [-0.15, -0.1) is 0 Å². The standard InChI is InChI=1S/C17H22N2O5/c1-11-5-2-3-6-13(11)19-10-4-7-14(19)16(22)18-12(17(23)24)8-9-15(20)21/h2-3,5-6,12,14H,4,7-10H2,1H3,(H,18,22)(H,20,21)(H,23,24)/t12-,14-/m0/s1. The molecular weight excluding hydrogens is 312 g/mol. The van der Waals surface area contributed by atoms with E-state index in [9.17, 15) is 19.5 Å². The molecule has 1 aromatic rings. The van der Waals surface area contributed by atoms with Crippen LogP contribution in [-0.2, 0) is 14.4 Å². The lowest BCUT2D eigenvalue weighted by Gasteiger charge is -2.28. The lowest BCUT2D eigenvalue weighted by molar-refractivity contribution is -0.143. The van der Waals surface area contributed by atoms with Crippen molar-refractivity contribution in [3.05, 3.63) is 29.8 Å². The first-order valence-corrected chi connectivity index (χ1v) is 7.97. The maximum Gasteiger partial charge on any atom is 0.326 e. The second-order valence-corrected chi connectivity index (χ2v) is 5.97. The molecular formula is C17H22N2O5. The number of carbonyl (C=O) groups excluding carboxylic acids is 1. The third-order valence-electron chi connectivity index (χ3n) is 4.24. The number of amides is 1. The number of carboxylic acid groups (broad SMARTS) is 2. The third kappa shape index (κ3) is 4.24. The lowest BCUT2D eigenvalue weighted by Crippen LogP contribution is -2.49. The number of rotatable bonds is 7. The number of aliphatic carboxylic acids is 2. The van der Waals surface area contributed by atoms with Gasteiger partial charge in [-0.25, -0.2) is 4.79 Å². The number of hydrogen-bond acceptors (Lipinski definition) is 4. The molecule has 2 rings (SSSR count). The number of hydrogen-bond donors (Lipinski definition) is 3. The van der Waals surface area contributed by atoms with E-state index in [4.69, 9.17) is 5.11 Å². The molecule has 0 aromatic heterocycles. The van der Waals surface area contributed by atoms with Crippen LogP contribution in [0.15, 0.2) is 24.3 Å². The Morgan fingerprint density at radius 2 is 2.00 bits per heavy atom. The maximum absolute atomic E-state index is 12.5. The van der Waals surface area contributed by atoms with Gasteiger partial charge in [0.25, 0.3) is 0 Å². The fourth-order valence-corrected chi connectivity index (χ4v) is 3.01. The molecule has 1 heterocycles. The van der Waals surface area contributed by atoms with Crippen LogP contribution in [0.3, 0.4) is 0 Å². The predicted molar refractivity (Wildman–Crippen MR) is 88.0 cm³/mol. The number of nitrogens with zero attached hydrogens (tertiary/aromatic N) is 1. The molecule has 1 fully saturated rings. The van der Waals surface area contributed by atoms with E-state index in [2.05, 4.69) is 5.32 Å². The Morgan fingerprint density at radius 1 is 1.29 bits per heavy atom. The van der Waals surface area contributed by atoms with Crippen LogP contribution in [0.2, 0.25) is 0 Å². The van der Waals surface area contributed by atoms with Crippen LogP contribution in [0.1, 0.15) is 31.2 Å². The largest absolute Gasteiger partial charge is 0.481 e. The first-order valence-electron chi connectivity index (χ1n) is 7.97. The smallest absolute Gasteiger partial charge is 0.326 e. The summed E-state index contributed by atoms with van der Waals surface area (Å²) in [6, 6.07) is 6.12. The van der Waals surface area contributed by atoms with Crippen molar-refractivity contribution in [3.8, 4) is 0 Å². The highest BCUT2D eigenvalue weighted by Gasteiger charge is 2.33. The van der Waals surface area contributed by atoms with Crippen molar-refractivity contribution in [3.63, 3.8) is 0 Å². The molecule has 1 aromatic carbocycles. The van der Waals surface area contributed by atoms with Crippen LogP contribution in [0.5, 0.6) is 0 Å². The molecule has 0 radical (unpaired) electrons. The van der Waals surface area contributed by atoms with E-state index >= 15 is 0 Å². The number of para-hydroxylation sites is 1. The normalized spacial score (nSPS) is 18.2. The minimum Gasteiger partial charge on any atom is -0.481 e. The first kappa shape index (κ1) is 17.8. The zero-order chi connectivity index (χ0) is 17.7. The Hall–Kier alpha value is -2.57. The van der Waals surface area contributed by atoms with E-state index in [1.54, 1.807) is 0 Å². The number of anilines is 1. The highest BCUT2D eigenvalue weighted by Crippen LogP contribution is 2.28. The minimum atomic E-state index is -1.22. The van der Waals surface area contributed by atoms with Gasteiger partial charge in [0.1, 0.15) is 12.1 Å². The van der Waals surface area contributed by atoms with Crippen molar-refractivity contribution in [1.82, 2.24) is 5.32 Å². The zero-order valence-electron chi connectivity index (χ0n) is 13.6. The molecule has 0 unspecified atom stereocenters. The zero-order valence-corrected chi connectivity index (χ0v) is 13.6. The van der Waals surface area contributed by atoms with Gasteiger partial charge in [0.15, 0.2) is 0 Å². The van der Waals surface area contributed by atoms with Crippen LogP contribution in [0.4, 0.5) is 5.69 Å². The number of benzene rings is 1. The third-order valence-corrected chi connectivity index (χ3v) is 4.24. The van der Waals surface area contributed by atoms with Crippen molar-refractivity contribution >= 4 is 23.5 Å². The van der Waals surface area contributed by atoms with Crippen LogP contribution >= 0.6 is 0 Å². The van der Waals surface area contributed by atoms with Gasteiger partial charge < -0.3 is 20.4 Å². The Bertz CT molecular complexity index is 631. The summed E-state index contributed by atoms with van der Waals surface area (Å²) < 4.78 is 0. The predicted octanol–water partition coefficient (Wildman–Crippen LogP) is 1.40. The topological polar surface area (TPSA) is 107 Å². The van der Waals surface area contributed by atoms with Gasteiger partial charge in [-0.3, -0.25) is 9.59 Å². The number of aryl methyl sites for hydroxylation is 1. The number of nitrogens with one attached hydrogen (secondary N) is 1. The summed E-state index contributed by atoms with van der Waals surface area (Å²) in [4.78, 5) is 36.4. The van der Waals surface area contributed by atoms with E-state index in [1.165, 1.54) is 0 Å². The summed E-state index contributed by atoms with van der Waals surface area (Å²) in [7, 11) is 0. The fourth-order valence-electron chi connectivity index (χ4n) is 3.01. The summed E-state index contributed by atoms with van der Waals surface area (Å²) in [6.45, 7) is 2.70. The average Bonchev–Trinajstić information content (AvgIpc) is 3.00. The van der Waals surface area contributed by atoms with E-state index in [-0.39, 0.29) is 18.7 Å². The second kappa shape index (κ2) is 7.81. The molecule has 0 spiro atoms. The summed E-state index contributed by atoms with van der Waals surface area (Å²) in [5.74, 6) is -2.67. The van der Waals surface area contributed by atoms with Crippen molar-refractivity contribution in [2.75, 3.05) is 11.4 Å². The van der Waals surface area contributed by atoms with E-state index in [0.717, 1.165) is 24.2 Å². The summed E-state index contributed by atoms with van der Waals surface area (Å²) in [6.07, 6.45) is 1.06. The van der Waals surface area contributed by atoms with Crippen molar-refractivity contribution < 1.29 is 24.6 Å². The monoisotopic (exact) mass is 334 g/mol. The number of carbonyl (C=O) groups is 3. The Labute approximate surface area is 140 Å². The Kier molecular flexibility index (Phi) is 5.78. The molecule has 130 valence electrons. The molecule has 24 heavy (non-hydrogen) atoms. The molecule has 1 aliphatic rings. The molecule has 1 saturated heterocycles. The van der Waals surface area contributed by atoms with Gasteiger partial charge in [0, 0.05) is 18.7 Å². The summed E-state index contributed by atoms with van der Waals surface area (Å²) in [5.41, 5.74) is 2.02. The fraction of sp³-hybridized carbons (Fsp3) is 0.471. The van der Waals surface area contributed by atoms with Crippen LogP contribution < -0.4 is 10.2 Å². The summed E-state index contributed by atoms with van der Waals surface area (Å²) >= 11 is 0. The van der Waals surface area contributed by atoms with Crippen LogP contribution in [-0.4, -0.2) is 46.7 Å².